The first-order valence-corrected chi connectivity index (χ1v) is 7.90. The van der Waals surface area contributed by atoms with Crippen LogP contribution in [-0.4, -0.2) is 37.5 Å². The SMILES string of the molecule is O=C(O)c1ccccc1C(=O)N1[C@@H]2CC[C@H]1c1snnc1C2. The minimum Gasteiger partial charge on any atom is -0.478 e. The summed E-state index contributed by atoms with van der Waals surface area (Å²) in [4.78, 5) is 27.2. The molecular formula is C15H13N3O3S. The lowest BCUT2D eigenvalue weighted by molar-refractivity contribution is 0.0623. The summed E-state index contributed by atoms with van der Waals surface area (Å²) in [7, 11) is 0. The minimum absolute atomic E-state index is 0.0110. The highest BCUT2D eigenvalue weighted by Gasteiger charge is 2.45. The molecule has 2 aromatic rings. The number of carbonyl (C=O) groups excluding carboxylic acids is 1. The van der Waals surface area contributed by atoms with Crippen LogP contribution in [0.25, 0.3) is 0 Å². The number of benzene rings is 1. The van der Waals surface area contributed by atoms with Gasteiger partial charge in [0, 0.05) is 12.5 Å². The van der Waals surface area contributed by atoms with E-state index in [1.165, 1.54) is 17.6 Å². The summed E-state index contributed by atoms with van der Waals surface area (Å²) in [6, 6.07) is 6.48. The van der Waals surface area contributed by atoms with Gasteiger partial charge >= 0.3 is 5.97 Å². The number of aromatic nitrogens is 2. The Morgan fingerprint density at radius 2 is 2.00 bits per heavy atom. The van der Waals surface area contributed by atoms with Crippen LogP contribution < -0.4 is 0 Å². The number of carboxylic acid groups (broad SMARTS) is 1. The molecule has 1 N–H and O–H groups in total. The van der Waals surface area contributed by atoms with Gasteiger partial charge in [-0.1, -0.05) is 16.6 Å². The van der Waals surface area contributed by atoms with Crippen molar-refractivity contribution in [3.05, 3.63) is 46.0 Å². The van der Waals surface area contributed by atoms with Gasteiger partial charge in [0.2, 0.25) is 0 Å². The monoisotopic (exact) mass is 315 g/mol. The molecule has 112 valence electrons. The Morgan fingerprint density at radius 3 is 2.77 bits per heavy atom. The molecule has 7 heteroatoms. The summed E-state index contributed by atoms with van der Waals surface area (Å²) < 4.78 is 3.99. The van der Waals surface area contributed by atoms with E-state index in [0.29, 0.717) is 6.42 Å². The van der Waals surface area contributed by atoms with Crippen LogP contribution in [0.2, 0.25) is 0 Å². The number of carboxylic acids is 1. The second-order valence-corrected chi connectivity index (χ2v) is 6.38. The quantitative estimate of drug-likeness (QED) is 0.918. The standard InChI is InChI=1S/C15H13N3O3S/c19-14(9-3-1-2-4-10(9)15(20)21)18-8-5-6-12(18)13-11(7-8)16-17-22-13/h1-4,8,12H,5-7H2,(H,20,21)/t8-,12+/m1/s1. The van der Waals surface area contributed by atoms with E-state index in [4.69, 9.17) is 0 Å². The zero-order valence-corrected chi connectivity index (χ0v) is 12.4. The van der Waals surface area contributed by atoms with Gasteiger partial charge in [0.05, 0.1) is 27.7 Å². The Kier molecular flexibility index (Phi) is 2.97. The zero-order chi connectivity index (χ0) is 15.3. The molecule has 2 aliphatic rings. The van der Waals surface area contributed by atoms with Crippen LogP contribution in [0.4, 0.5) is 0 Å². The first-order chi connectivity index (χ1) is 10.7. The average molecular weight is 315 g/mol. The molecule has 2 aliphatic heterocycles. The molecule has 0 unspecified atom stereocenters. The lowest BCUT2D eigenvalue weighted by Crippen LogP contribution is -2.42. The number of nitrogens with zero attached hydrogens (tertiary/aromatic N) is 3. The second-order valence-electron chi connectivity index (χ2n) is 5.60. The molecule has 1 fully saturated rings. The third kappa shape index (κ3) is 1.85. The number of aromatic carboxylic acids is 1. The van der Waals surface area contributed by atoms with Crippen molar-refractivity contribution in [2.45, 2.75) is 31.3 Å². The van der Waals surface area contributed by atoms with Crippen molar-refractivity contribution in [1.29, 1.82) is 0 Å². The fourth-order valence-electron chi connectivity index (χ4n) is 3.48. The number of carbonyl (C=O) groups is 2. The molecule has 2 atom stereocenters. The normalized spacial score (nSPS) is 22.5. The lowest BCUT2D eigenvalue weighted by atomic mass is 10.0. The van der Waals surface area contributed by atoms with Crippen LogP contribution in [0.3, 0.4) is 0 Å². The van der Waals surface area contributed by atoms with E-state index in [1.54, 1.807) is 18.2 Å². The predicted molar refractivity (Wildman–Crippen MR) is 78.9 cm³/mol. The lowest BCUT2D eigenvalue weighted by Gasteiger charge is -2.33. The topological polar surface area (TPSA) is 83.4 Å². The Hall–Kier alpha value is -2.28. The van der Waals surface area contributed by atoms with Crippen molar-refractivity contribution in [1.82, 2.24) is 14.5 Å². The summed E-state index contributed by atoms with van der Waals surface area (Å²) in [5.41, 5.74) is 1.31. The van der Waals surface area contributed by atoms with Crippen LogP contribution in [-0.2, 0) is 6.42 Å². The third-order valence-electron chi connectivity index (χ3n) is 4.44. The van der Waals surface area contributed by atoms with Gasteiger partial charge in [-0.05, 0) is 36.5 Å². The van der Waals surface area contributed by atoms with E-state index < -0.39 is 5.97 Å². The molecule has 3 heterocycles. The van der Waals surface area contributed by atoms with Gasteiger partial charge < -0.3 is 10.0 Å². The number of fused-ring (bicyclic) bond motifs is 4. The van der Waals surface area contributed by atoms with Crippen LogP contribution in [0, 0.1) is 0 Å². The summed E-state index contributed by atoms with van der Waals surface area (Å²) in [5.74, 6) is -1.28. The fourth-order valence-corrected chi connectivity index (χ4v) is 4.29. The van der Waals surface area contributed by atoms with Gasteiger partial charge in [-0.2, -0.15) is 0 Å². The Bertz CT molecular complexity index is 773. The number of hydrogen-bond donors (Lipinski definition) is 1. The Labute approximate surface area is 130 Å². The van der Waals surface area contributed by atoms with Crippen molar-refractivity contribution >= 4 is 23.4 Å². The van der Waals surface area contributed by atoms with Crippen LogP contribution in [0.15, 0.2) is 24.3 Å². The molecule has 1 saturated heterocycles. The summed E-state index contributed by atoms with van der Waals surface area (Å²) in [5, 5.41) is 13.4. The van der Waals surface area contributed by atoms with E-state index in [2.05, 4.69) is 9.59 Å². The molecule has 0 spiro atoms. The van der Waals surface area contributed by atoms with E-state index in [0.717, 1.165) is 23.4 Å². The van der Waals surface area contributed by atoms with Crippen LogP contribution >= 0.6 is 11.5 Å². The van der Waals surface area contributed by atoms with Crippen molar-refractivity contribution in [3.8, 4) is 0 Å². The Balaban J connectivity index is 1.75. The molecule has 1 aromatic carbocycles. The van der Waals surface area contributed by atoms with Gasteiger partial charge in [0.15, 0.2) is 0 Å². The maximum Gasteiger partial charge on any atom is 0.336 e. The second kappa shape index (κ2) is 4.88. The predicted octanol–water partition coefficient (Wildman–Crippen LogP) is 2.14. The molecule has 0 radical (unpaired) electrons. The third-order valence-corrected chi connectivity index (χ3v) is 5.31. The smallest absolute Gasteiger partial charge is 0.336 e. The molecule has 2 bridgehead atoms. The minimum atomic E-state index is -1.08. The van der Waals surface area contributed by atoms with Gasteiger partial charge in [-0.25, -0.2) is 4.79 Å². The van der Waals surface area contributed by atoms with Crippen LogP contribution in [0.5, 0.6) is 0 Å². The van der Waals surface area contributed by atoms with Gasteiger partial charge in [-0.3, -0.25) is 4.79 Å². The molecule has 0 aliphatic carbocycles. The number of hydrogen-bond acceptors (Lipinski definition) is 5. The van der Waals surface area contributed by atoms with Crippen LogP contribution in [0.1, 0.15) is 50.2 Å². The van der Waals surface area contributed by atoms with Gasteiger partial charge in [0.25, 0.3) is 5.91 Å². The Morgan fingerprint density at radius 1 is 1.23 bits per heavy atom. The molecule has 1 aromatic heterocycles. The molecule has 4 rings (SSSR count). The van der Waals surface area contributed by atoms with Crippen molar-refractivity contribution < 1.29 is 14.7 Å². The highest BCUT2D eigenvalue weighted by atomic mass is 32.1. The summed E-state index contributed by atoms with van der Waals surface area (Å²) in [6.45, 7) is 0. The highest BCUT2D eigenvalue weighted by molar-refractivity contribution is 7.05. The zero-order valence-electron chi connectivity index (χ0n) is 11.6. The van der Waals surface area contributed by atoms with Gasteiger partial charge in [-0.15, -0.1) is 5.10 Å². The first-order valence-electron chi connectivity index (χ1n) is 7.13. The average Bonchev–Trinajstić information content (AvgIpc) is 3.11. The molecule has 22 heavy (non-hydrogen) atoms. The highest BCUT2D eigenvalue weighted by Crippen LogP contribution is 2.45. The first kappa shape index (κ1) is 13.4. The fraction of sp³-hybridized carbons (Fsp3) is 0.333. The van der Waals surface area contributed by atoms with Crippen molar-refractivity contribution in [2.75, 3.05) is 0 Å². The van der Waals surface area contributed by atoms with E-state index in [-0.39, 0.29) is 29.1 Å². The van der Waals surface area contributed by atoms with E-state index in [9.17, 15) is 14.7 Å². The maximum atomic E-state index is 12.9. The molecule has 6 nitrogen and oxygen atoms in total. The molecule has 1 amide bonds. The number of rotatable bonds is 2. The molecular weight excluding hydrogens is 302 g/mol. The van der Waals surface area contributed by atoms with Crippen molar-refractivity contribution in [2.24, 2.45) is 0 Å². The van der Waals surface area contributed by atoms with E-state index in [1.807, 2.05) is 4.90 Å². The summed E-state index contributed by atoms with van der Waals surface area (Å²) in [6.07, 6.45) is 2.53. The summed E-state index contributed by atoms with van der Waals surface area (Å²) >= 11 is 1.34. The van der Waals surface area contributed by atoms with E-state index >= 15 is 0 Å². The number of amides is 1. The molecule has 0 saturated carbocycles. The largest absolute Gasteiger partial charge is 0.478 e. The van der Waals surface area contributed by atoms with Gasteiger partial charge in [0.1, 0.15) is 0 Å². The maximum absolute atomic E-state index is 12.9. The van der Waals surface area contributed by atoms with Crippen molar-refractivity contribution in [3.63, 3.8) is 0 Å².